The van der Waals surface area contributed by atoms with Crippen molar-refractivity contribution in [1.29, 1.82) is 0 Å². The molecule has 0 saturated carbocycles. The summed E-state index contributed by atoms with van der Waals surface area (Å²) in [5, 5.41) is 5.10. The first-order valence-corrected chi connectivity index (χ1v) is 11.7. The van der Waals surface area contributed by atoms with Crippen LogP contribution in [0.25, 0.3) is 11.0 Å². The van der Waals surface area contributed by atoms with Gasteiger partial charge >= 0.3 is 0 Å². The van der Waals surface area contributed by atoms with Crippen molar-refractivity contribution in [1.82, 2.24) is 15.0 Å². The highest BCUT2D eigenvalue weighted by molar-refractivity contribution is 5.96. The van der Waals surface area contributed by atoms with Crippen LogP contribution in [-0.4, -0.2) is 52.8 Å². The van der Waals surface area contributed by atoms with E-state index in [1.165, 1.54) is 17.7 Å². The van der Waals surface area contributed by atoms with Crippen LogP contribution in [0.2, 0.25) is 0 Å². The molecule has 7 heteroatoms. The fourth-order valence-corrected chi connectivity index (χ4v) is 5.06. The number of aromatic nitrogens is 1. The van der Waals surface area contributed by atoms with E-state index in [1.807, 2.05) is 23.1 Å². The molecular weight excluding hydrogens is 421 g/mol. The topological polar surface area (TPSA) is 66.7 Å². The zero-order chi connectivity index (χ0) is 22.9. The lowest BCUT2D eigenvalue weighted by Crippen LogP contribution is -2.35. The fraction of sp³-hybridized carbons (Fsp3) is 0.423. The molecule has 1 aromatic heterocycles. The van der Waals surface area contributed by atoms with Crippen LogP contribution in [0, 0.1) is 5.82 Å². The Morgan fingerprint density at radius 2 is 1.91 bits per heavy atom. The Hall–Kier alpha value is -3.06. The number of carbonyl (C=O) groups excluding carboxylic acids is 2. The average Bonchev–Trinajstić information content (AvgIpc) is 3.25. The van der Waals surface area contributed by atoms with Crippen LogP contribution in [0.3, 0.4) is 0 Å². The number of halogens is 1. The molecule has 2 aliphatic rings. The lowest BCUT2D eigenvalue weighted by atomic mass is 9.91. The molecule has 3 heterocycles. The van der Waals surface area contributed by atoms with Gasteiger partial charge in [0, 0.05) is 55.9 Å². The van der Waals surface area contributed by atoms with Crippen molar-refractivity contribution in [2.45, 2.75) is 45.1 Å². The number of Topliss-reactive ketones (excluding diaryl/α,β-unsaturated/α-hetero) is 1. The molecule has 0 atom stereocenters. The van der Waals surface area contributed by atoms with Crippen molar-refractivity contribution < 1.29 is 18.5 Å². The molecule has 0 unspecified atom stereocenters. The minimum atomic E-state index is -0.320. The zero-order valence-electron chi connectivity index (χ0n) is 18.8. The molecule has 1 fully saturated rings. The van der Waals surface area contributed by atoms with Gasteiger partial charge in [-0.2, -0.15) is 0 Å². The van der Waals surface area contributed by atoms with Crippen LogP contribution in [0.15, 0.2) is 40.9 Å². The van der Waals surface area contributed by atoms with E-state index in [0.717, 1.165) is 67.6 Å². The monoisotopic (exact) mass is 449 g/mol. The van der Waals surface area contributed by atoms with Crippen molar-refractivity contribution in [2.75, 3.05) is 26.2 Å². The molecule has 5 rings (SSSR count). The highest BCUT2D eigenvalue weighted by Gasteiger charge is 2.26. The molecule has 33 heavy (non-hydrogen) atoms. The number of nitrogens with zero attached hydrogens (tertiary/aromatic N) is 3. The molecule has 1 saturated heterocycles. The highest BCUT2D eigenvalue weighted by atomic mass is 19.1. The number of amides is 1. The lowest BCUT2D eigenvalue weighted by Gasteiger charge is -2.31. The van der Waals surface area contributed by atoms with E-state index in [2.05, 4.69) is 10.1 Å². The number of ketones is 1. The summed E-state index contributed by atoms with van der Waals surface area (Å²) in [5.74, 6) is 0.185. The molecule has 0 radical (unpaired) electrons. The summed E-state index contributed by atoms with van der Waals surface area (Å²) in [4.78, 5) is 28.7. The van der Waals surface area contributed by atoms with E-state index in [9.17, 15) is 14.0 Å². The summed E-state index contributed by atoms with van der Waals surface area (Å²) in [7, 11) is 0. The molecular formula is C26H28FN3O3. The number of fused-ring (bicyclic) bond motifs is 2. The second-order valence-corrected chi connectivity index (χ2v) is 9.17. The van der Waals surface area contributed by atoms with Crippen LogP contribution in [-0.2, 0) is 17.8 Å². The summed E-state index contributed by atoms with van der Waals surface area (Å²) < 4.78 is 18.7. The van der Waals surface area contributed by atoms with Crippen LogP contribution in [0.4, 0.5) is 4.39 Å². The Kier molecular flexibility index (Phi) is 5.98. The molecule has 1 amide bonds. The molecule has 0 aliphatic carbocycles. The molecule has 0 N–H and O–H groups in total. The van der Waals surface area contributed by atoms with E-state index in [1.54, 1.807) is 13.0 Å². The maximum absolute atomic E-state index is 13.4. The Morgan fingerprint density at radius 3 is 2.70 bits per heavy atom. The number of hydrogen-bond acceptors (Lipinski definition) is 5. The average molecular weight is 450 g/mol. The van der Waals surface area contributed by atoms with Gasteiger partial charge in [0.05, 0.1) is 5.69 Å². The smallest absolute Gasteiger partial charge is 0.219 e. The third-order valence-corrected chi connectivity index (χ3v) is 7.08. The van der Waals surface area contributed by atoms with Crippen molar-refractivity contribution in [3.8, 4) is 0 Å². The fourth-order valence-electron chi connectivity index (χ4n) is 5.06. The van der Waals surface area contributed by atoms with Gasteiger partial charge in [0.25, 0.3) is 0 Å². The summed E-state index contributed by atoms with van der Waals surface area (Å²) in [6.07, 6.45) is 3.19. The predicted molar refractivity (Wildman–Crippen MR) is 123 cm³/mol. The van der Waals surface area contributed by atoms with Gasteiger partial charge < -0.3 is 14.3 Å². The maximum Gasteiger partial charge on any atom is 0.219 e. The van der Waals surface area contributed by atoms with Crippen LogP contribution in [0.5, 0.6) is 0 Å². The van der Waals surface area contributed by atoms with Crippen molar-refractivity contribution >= 4 is 22.7 Å². The predicted octanol–water partition coefficient (Wildman–Crippen LogP) is 4.32. The SMILES string of the molecule is CC(=O)N1CCc2ccc(C(=O)CCN3CCC(c4noc5cc(F)ccc45)CC3)cc2C1. The third kappa shape index (κ3) is 4.55. The van der Waals surface area contributed by atoms with Crippen molar-refractivity contribution in [3.05, 3.63) is 64.6 Å². The zero-order valence-corrected chi connectivity index (χ0v) is 18.8. The van der Waals surface area contributed by atoms with Crippen molar-refractivity contribution in [2.24, 2.45) is 0 Å². The van der Waals surface area contributed by atoms with E-state index in [0.29, 0.717) is 18.5 Å². The minimum Gasteiger partial charge on any atom is -0.356 e. The van der Waals surface area contributed by atoms with E-state index < -0.39 is 0 Å². The first-order chi connectivity index (χ1) is 16.0. The van der Waals surface area contributed by atoms with Gasteiger partial charge in [-0.05, 0) is 61.7 Å². The van der Waals surface area contributed by atoms with Gasteiger partial charge in [0.15, 0.2) is 11.4 Å². The molecule has 0 spiro atoms. The number of likely N-dealkylation sites (tertiary alicyclic amines) is 1. The summed E-state index contributed by atoms with van der Waals surface area (Å²) in [5.41, 5.74) is 4.45. The van der Waals surface area contributed by atoms with Gasteiger partial charge in [-0.3, -0.25) is 9.59 Å². The van der Waals surface area contributed by atoms with E-state index in [4.69, 9.17) is 4.52 Å². The second-order valence-electron chi connectivity index (χ2n) is 9.17. The van der Waals surface area contributed by atoms with Gasteiger partial charge in [0.1, 0.15) is 5.82 Å². The van der Waals surface area contributed by atoms with Crippen molar-refractivity contribution in [3.63, 3.8) is 0 Å². The number of carbonyl (C=O) groups is 2. The normalized spacial score (nSPS) is 17.3. The molecule has 0 bridgehead atoms. The Bertz CT molecular complexity index is 1200. The first-order valence-electron chi connectivity index (χ1n) is 11.7. The van der Waals surface area contributed by atoms with E-state index in [-0.39, 0.29) is 23.4 Å². The second kappa shape index (κ2) is 9.06. The Balaban J connectivity index is 1.16. The summed E-state index contributed by atoms with van der Waals surface area (Å²) in [6.45, 7) is 5.44. The van der Waals surface area contributed by atoms with E-state index >= 15 is 0 Å². The molecule has 2 aromatic carbocycles. The lowest BCUT2D eigenvalue weighted by molar-refractivity contribution is -0.129. The highest BCUT2D eigenvalue weighted by Crippen LogP contribution is 2.33. The number of rotatable bonds is 5. The quantitative estimate of drug-likeness (QED) is 0.543. The summed E-state index contributed by atoms with van der Waals surface area (Å²) in [6, 6.07) is 10.5. The van der Waals surface area contributed by atoms with Gasteiger partial charge in [0.2, 0.25) is 5.91 Å². The maximum atomic E-state index is 13.4. The molecule has 6 nitrogen and oxygen atoms in total. The Morgan fingerprint density at radius 1 is 1.09 bits per heavy atom. The van der Waals surface area contributed by atoms with Crippen LogP contribution >= 0.6 is 0 Å². The number of benzene rings is 2. The molecule has 3 aromatic rings. The third-order valence-electron chi connectivity index (χ3n) is 7.08. The molecule has 172 valence electrons. The largest absolute Gasteiger partial charge is 0.356 e. The summed E-state index contributed by atoms with van der Waals surface area (Å²) >= 11 is 0. The molecule has 2 aliphatic heterocycles. The van der Waals surface area contributed by atoms with Crippen LogP contribution in [0.1, 0.15) is 59.3 Å². The van der Waals surface area contributed by atoms with Crippen LogP contribution < -0.4 is 0 Å². The standard InChI is InChI=1S/C26H28FN3O3/c1-17(31)30-13-8-18-2-3-20(14-21(18)16-30)24(32)9-12-29-10-6-19(7-11-29)26-23-5-4-22(27)15-25(23)33-28-26/h2-5,14-15,19H,6-13,16H2,1H3. The number of hydrogen-bond donors (Lipinski definition) is 0. The van der Waals surface area contributed by atoms with Gasteiger partial charge in [-0.15, -0.1) is 0 Å². The first kappa shape index (κ1) is 21.8. The van der Waals surface area contributed by atoms with Gasteiger partial charge in [-0.25, -0.2) is 4.39 Å². The Labute approximate surface area is 192 Å². The number of piperidine rings is 1. The minimum absolute atomic E-state index is 0.0755. The van der Waals surface area contributed by atoms with Gasteiger partial charge in [-0.1, -0.05) is 17.3 Å².